The summed E-state index contributed by atoms with van der Waals surface area (Å²) in [6.45, 7) is 5.80. The van der Waals surface area contributed by atoms with E-state index in [1.54, 1.807) is 6.08 Å². The molecule has 0 spiro atoms. The van der Waals surface area contributed by atoms with E-state index in [0.717, 1.165) is 12.0 Å². The van der Waals surface area contributed by atoms with Gasteiger partial charge in [-0.1, -0.05) is 51.5 Å². The van der Waals surface area contributed by atoms with Crippen LogP contribution in [0, 0.1) is 5.92 Å². The maximum absolute atomic E-state index is 11.8. The number of amides is 1. The van der Waals surface area contributed by atoms with Crippen molar-refractivity contribution in [2.75, 3.05) is 0 Å². The average Bonchev–Trinajstić information content (AvgIpc) is 2.50. The van der Waals surface area contributed by atoms with Crippen LogP contribution in [0.1, 0.15) is 38.3 Å². The second-order valence-corrected chi connectivity index (χ2v) is 5.14. The number of hydrogen-bond donors (Lipinski definition) is 2. The van der Waals surface area contributed by atoms with Gasteiger partial charge in [0.1, 0.15) is 6.04 Å². The Morgan fingerprint density at radius 2 is 1.86 bits per heavy atom. The topological polar surface area (TPSA) is 66.4 Å². The van der Waals surface area contributed by atoms with Gasteiger partial charge < -0.3 is 10.4 Å². The number of rotatable bonds is 7. The zero-order valence-corrected chi connectivity index (χ0v) is 12.8. The van der Waals surface area contributed by atoms with Crippen molar-refractivity contribution in [2.45, 2.75) is 39.7 Å². The van der Waals surface area contributed by atoms with Crippen LogP contribution >= 0.6 is 0 Å². The third-order valence-corrected chi connectivity index (χ3v) is 3.59. The van der Waals surface area contributed by atoms with Gasteiger partial charge in [0.15, 0.2) is 0 Å². The van der Waals surface area contributed by atoms with Gasteiger partial charge in [0, 0.05) is 6.08 Å². The molecule has 0 aliphatic rings. The highest BCUT2D eigenvalue weighted by molar-refractivity contribution is 5.94. The molecule has 0 radical (unpaired) electrons. The minimum Gasteiger partial charge on any atom is -0.480 e. The zero-order chi connectivity index (χ0) is 15.8. The molecule has 1 aromatic rings. The Bertz CT molecular complexity index is 505. The van der Waals surface area contributed by atoms with Crippen molar-refractivity contribution in [1.29, 1.82) is 0 Å². The number of aliphatic carboxylic acids is 1. The summed E-state index contributed by atoms with van der Waals surface area (Å²) in [6.07, 6.45) is 4.72. The van der Waals surface area contributed by atoms with Crippen LogP contribution in [0.4, 0.5) is 0 Å². The van der Waals surface area contributed by atoms with Crippen LogP contribution in [-0.4, -0.2) is 23.0 Å². The van der Waals surface area contributed by atoms with Crippen LogP contribution in [0.2, 0.25) is 0 Å². The Morgan fingerprint density at radius 3 is 2.33 bits per heavy atom. The Labute approximate surface area is 125 Å². The Morgan fingerprint density at radius 1 is 1.24 bits per heavy atom. The van der Waals surface area contributed by atoms with Gasteiger partial charge in [-0.25, -0.2) is 4.79 Å². The lowest BCUT2D eigenvalue weighted by Gasteiger charge is -2.19. The molecule has 0 saturated carbocycles. The minimum atomic E-state index is -1.00. The fourth-order valence-electron chi connectivity index (χ4n) is 1.92. The second kappa shape index (κ2) is 8.25. The molecule has 0 aliphatic heterocycles. The van der Waals surface area contributed by atoms with Crippen LogP contribution in [0.3, 0.4) is 0 Å². The first-order valence-corrected chi connectivity index (χ1v) is 7.28. The molecule has 0 fully saturated rings. The molecular weight excluding hydrogens is 266 g/mol. The maximum atomic E-state index is 11.8. The Kier molecular flexibility index (Phi) is 6.66. The Hall–Kier alpha value is -2.10. The van der Waals surface area contributed by atoms with Crippen molar-refractivity contribution in [2.24, 2.45) is 5.92 Å². The standard InChI is InChI=1S/C17H23NO3/c1-4-12(3)16(17(20)21)18-15(19)11-10-14-8-6-13(5-2)7-9-14/h6-12,16H,4-5H2,1-3H3,(H,18,19)(H,20,21)/b11-10+/t12?,16-/m0/s1. The molecule has 2 N–H and O–H groups in total. The van der Waals surface area contributed by atoms with Gasteiger partial charge in [-0.15, -0.1) is 0 Å². The number of benzene rings is 1. The quantitative estimate of drug-likeness (QED) is 0.758. The van der Waals surface area contributed by atoms with Crippen molar-refractivity contribution >= 4 is 18.0 Å². The van der Waals surface area contributed by atoms with Gasteiger partial charge >= 0.3 is 5.97 Å². The van der Waals surface area contributed by atoms with Crippen LogP contribution in [0.25, 0.3) is 6.08 Å². The number of hydrogen-bond acceptors (Lipinski definition) is 2. The van der Waals surface area contributed by atoms with E-state index in [9.17, 15) is 9.59 Å². The van der Waals surface area contributed by atoms with E-state index in [2.05, 4.69) is 12.2 Å². The van der Waals surface area contributed by atoms with Crippen molar-refractivity contribution in [1.82, 2.24) is 5.32 Å². The van der Waals surface area contributed by atoms with Crippen molar-refractivity contribution in [3.05, 3.63) is 41.5 Å². The van der Waals surface area contributed by atoms with E-state index < -0.39 is 12.0 Å². The van der Waals surface area contributed by atoms with E-state index in [1.807, 2.05) is 38.1 Å². The molecule has 4 heteroatoms. The highest BCUT2D eigenvalue weighted by Crippen LogP contribution is 2.09. The van der Waals surface area contributed by atoms with Gasteiger partial charge in [-0.3, -0.25) is 4.79 Å². The molecule has 1 rings (SSSR count). The zero-order valence-electron chi connectivity index (χ0n) is 12.8. The summed E-state index contributed by atoms with van der Waals surface area (Å²) in [5.41, 5.74) is 2.15. The first kappa shape index (κ1) is 17.0. The molecule has 0 saturated heterocycles. The smallest absolute Gasteiger partial charge is 0.326 e. The average molecular weight is 289 g/mol. The number of carbonyl (C=O) groups excluding carboxylic acids is 1. The van der Waals surface area contributed by atoms with Gasteiger partial charge in [-0.2, -0.15) is 0 Å². The van der Waals surface area contributed by atoms with Gasteiger partial charge in [0.25, 0.3) is 0 Å². The first-order chi connectivity index (χ1) is 9.97. The molecule has 114 valence electrons. The highest BCUT2D eigenvalue weighted by atomic mass is 16.4. The summed E-state index contributed by atoms with van der Waals surface area (Å²) in [5.74, 6) is -1.50. The number of aryl methyl sites for hydroxylation is 1. The predicted octanol–water partition coefficient (Wildman–Crippen LogP) is 2.88. The molecule has 1 aromatic carbocycles. The molecule has 1 unspecified atom stereocenters. The van der Waals surface area contributed by atoms with Crippen LogP contribution in [0.15, 0.2) is 30.3 Å². The molecule has 4 nitrogen and oxygen atoms in total. The van der Waals surface area contributed by atoms with E-state index in [4.69, 9.17) is 5.11 Å². The maximum Gasteiger partial charge on any atom is 0.326 e. The lowest BCUT2D eigenvalue weighted by Crippen LogP contribution is -2.44. The third-order valence-electron chi connectivity index (χ3n) is 3.59. The lowest BCUT2D eigenvalue weighted by molar-refractivity contribution is -0.142. The van der Waals surface area contributed by atoms with E-state index in [-0.39, 0.29) is 11.8 Å². The first-order valence-electron chi connectivity index (χ1n) is 7.28. The van der Waals surface area contributed by atoms with E-state index >= 15 is 0 Å². The summed E-state index contributed by atoms with van der Waals surface area (Å²) in [7, 11) is 0. The second-order valence-electron chi connectivity index (χ2n) is 5.14. The Balaban J connectivity index is 2.66. The van der Waals surface area contributed by atoms with Crippen molar-refractivity contribution in [3.63, 3.8) is 0 Å². The SMILES string of the molecule is CCc1ccc(/C=C/C(=O)N[C@H](C(=O)O)C(C)CC)cc1. The van der Waals surface area contributed by atoms with Crippen molar-refractivity contribution < 1.29 is 14.7 Å². The fourth-order valence-corrected chi connectivity index (χ4v) is 1.92. The number of carbonyl (C=O) groups is 2. The summed E-state index contributed by atoms with van der Waals surface area (Å²) >= 11 is 0. The summed E-state index contributed by atoms with van der Waals surface area (Å²) in [6, 6.07) is 7.04. The lowest BCUT2D eigenvalue weighted by atomic mass is 9.99. The van der Waals surface area contributed by atoms with Gasteiger partial charge in [0.05, 0.1) is 0 Å². The molecule has 0 bridgehead atoms. The largest absolute Gasteiger partial charge is 0.480 e. The summed E-state index contributed by atoms with van der Waals surface area (Å²) in [4.78, 5) is 23.0. The fraction of sp³-hybridized carbons (Fsp3) is 0.412. The van der Waals surface area contributed by atoms with E-state index in [1.165, 1.54) is 11.6 Å². The minimum absolute atomic E-state index is 0.108. The monoisotopic (exact) mass is 289 g/mol. The molecular formula is C17H23NO3. The number of nitrogens with one attached hydrogen (secondary N) is 1. The molecule has 0 heterocycles. The molecule has 21 heavy (non-hydrogen) atoms. The summed E-state index contributed by atoms with van der Waals surface area (Å²) < 4.78 is 0. The molecule has 0 aromatic heterocycles. The normalized spacial score (nSPS) is 13.9. The molecule has 2 atom stereocenters. The van der Waals surface area contributed by atoms with Crippen LogP contribution < -0.4 is 5.32 Å². The third kappa shape index (κ3) is 5.42. The van der Waals surface area contributed by atoms with Crippen LogP contribution in [0.5, 0.6) is 0 Å². The van der Waals surface area contributed by atoms with E-state index in [0.29, 0.717) is 6.42 Å². The van der Waals surface area contributed by atoms with Crippen LogP contribution in [-0.2, 0) is 16.0 Å². The predicted molar refractivity (Wildman–Crippen MR) is 83.9 cm³/mol. The van der Waals surface area contributed by atoms with Gasteiger partial charge in [0.2, 0.25) is 5.91 Å². The summed E-state index contributed by atoms with van der Waals surface area (Å²) in [5, 5.41) is 11.7. The molecule has 1 amide bonds. The highest BCUT2D eigenvalue weighted by Gasteiger charge is 2.24. The number of carboxylic acid groups (broad SMARTS) is 1. The van der Waals surface area contributed by atoms with Crippen molar-refractivity contribution in [3.8, 4) is 0 Å². The number of carboxylic acids is 1. The van der Waals surface area contributed by atoms with Gasteiger partial charge in [-0.05, 0) is 29.5 Å². The molecule has 0 aliphatic carbocycles.